The Kier molecular flexibility index (Phi) is 1.64. The third-order valence-electron chi connectivity index (χ3n) is 3.14. The van der Waals surface area contributed by atoms with E-state index in [1.54, 1.807) is 0 Å². The molecule has 0 unspecified atom stereocenters. The number of nitrogens with one attached hydrogen (secondary N) is 2. The van der Waals surface area contributed by atoms with E-state index >= 15 is 0 Å². The lowest BCUT2D eigenvalue weighted by Gasteiger charge is -2.33. The van der Waals surface area contributed by atoms with Gasteiger partial charge in [0.2, 0.25) is 0 Å². The topological polar surface area (TPSA) is 24.1 Å². The average Bonchev–Trinajstić information content (AvgIpc) is 2.36. The molecule has 2 aliphatic rings. The fourth-order valence-electron chi connectivity index (χ4n) is 2.25. The minimum Gasteiger partial charge on any atom is -0.388 e. The summed E-state index contributed by atoms with van der Waals surface area (Å²) in [6.45, 7) is 7.56. The molecule has 2 rings (SSSR count). The van der Waals surface area contributed by atoms with Gasteiger partial charge < -0.3 is 10.6 Å². The van der Waals surface area contributed by atoms with Crippen molar-refractivity contribution in [2.75, 3.05) is 19.6 Å². The highest BCUT2D eigenvalue weighted by Crippen LogP contribution is 2.41. The Labute approximate surface area is 68.1 Å². The first-order chi connectivity index (χ1) is 5.33. The van der Waals surface area contributed by atoms with Gasteiger partial charge in [-0.2, -0.15) is 0 Å². The molecule has 11 heavy (non-hydrogen) atoms. The van der Waals surface area contributed by atoms with Crippen LogP contribution in [0.2, 0.25) is 0 Å². The van der Waals surface area contributed by atoms with E-state index in [9.17, 15) is 0 Å². The molecule has 1 spiro atoms. The van der Waals surface area contributed by atoms with E-state index < -0.39 is 0 Å². The van der Waals surface area contributed by atoms with Crippen molar-refractivity contribution in [3.8, 4) is 0 Å². The third-order valence-corrected chi connectivity index (χ3v) is 3.14. The Morgan fingerprint density at radius 3 is 2.27 bits per heavy atom. The molecule has 2 heterocycles. The van der Waals surface area contributed by atoms with Crippen LogP contribution in [0.15, 0.2) is 12.3 Å². The van der Waals surface area contributed by atoms with Gasteiger partial charge in [0.05, 0.1) is 0 Å². The van der Waals surface area contributed by atoms with Crippen LogP contribution in [-0.2, 0) is 0 Å². The molecule has 2 heteroatoms. The summed E-state index contributed by atoms with van der Waals surface area (Å²) in [5.41, 5.74) is 1.75. The molecule has 0 radical (unpaired) electrons. The van der Waals surface area contributed by atoms with Crippen molar-refractivity contribution >= 4 is 0 Å². The maximum absolute atomic E-state index is 4.09. The first-order valence-electron chi connectivity index (χ1n) is 4.47. The van der Waals surface area contributed by atoms with Crippen LogP contribution in [0.3, 0.4) is 0 Å². The Hall–Kier alpha value is -0.500. The van der Waals surface area contributed by atoms with Crippen LogP contribution >= 0.6 is 0 Å². The van der Waals surface area contributed by atoms with Crippen molar-refractivity contribution in [1.82, 2.24) is 10.6 Å². The molecule has 2 N–H and O–H groups in total. The largest absolute Gasteiger partial charge is 0.388 e. The molecular weight excluding hydrogens is 136 g/mol. The Morgan fingerprint density at radius 2 is 1.73 bits per heavy atom. The normalized spacial score (nSPS) is 28.9. The molecule has 2 saturated heterocycles. The summed E-state index contributed by atoms with van der Waals surface area (Å²) in [5.74, 6) is 0. The molecule has 0 amide bonds. The molecule has 0 bridgehead atoms. The maximum Gasteiger partial charge on any atom is 0.0153 e. The monoisotopic (exact) mass is 152 g/mol. The Balaban J connectivity index is 2.12. The lowest BCUT2D eigenvalue weighted by molar-refractivity contribution is 0.264. The van der Waals surface area contributed by atoms with E-state index in [0.717, 1.165) is 6.54 Å². The molecule has 0 aromatic carbocycles. The fourth-order valence-corrected chi connectivity index (χ4v) is 2.25. The number of hydrogen-bond acceptors (Lipinski definition) is 2. The van der Waals surface area contributed by atoms with E-state index in [1.807, 2.05) is 0 Å². The van der Waals surface area contributed by atoms with Gasteiger partial charge in [0.25, 0.3) is 0 Å². The SMILES string of the molecule is C=C1NCCC12CCNCC2. The number of allylic oxidation sites excluding steroid dienone is 1. The molecule has 2 nitrogen and oxygen atoms in total. The second-order valence-electron chi connectivity index (χ2n) is 3.69. The second kappa shape index (κ2) is 2.52. The van der Waals surface area contributed by atoms with Gasteiger partial charge in [0.1, 0.15) is 0 Å². The fraction of sp³-hybridized carbons (Fsp3) is 0.778. The van der Waals surface area contributed by atoms with Gasteiger partial charge in [-0.25, -0.2) is 0 Å². The van der Waals surface area contributed by atoms with Crippen LogP contribution in [0.25, 0.3) is 0 Å². The number of piperidine rings is 1. The lowest BCUT2D eigenvalue weighted by atomic mass is 9.76. The summed E-state index contributed by atoms with van der Waals surface area (Å²) >= 11 is 0. The average molecular weight is 152 g/mol. The van der Waals surface area contributed by atoms with Crippen molar-refractivity contribution in [3.05, 3.63) is 12.3 Å². The number of rotatable bonds is 0. The standard InChI is InChI=1S/C9H16N2/c1-8-9(4-7-11-8)2-5-10-6-3-9/h10-11H,1-7H2. The first-order valence-corrected chi connectivity index (χ1v) is 4.47. The minimum absolute atomic E-state index is 0.464. The zero-order chi connectivity index (χ0) is 7.73. The van der Waals surface area contributed by atoms with Crippen molar-refractivity contribution in [2.45, 2.75) is 19.3 Å². The summed E-state index contributed by atoms with van der Waals surface area (Å²) < 4.78 is 0. The van der Waals surface area contributed by atoms with Crippen molar-refractivity contribution in [2.24, 2.45) is 5.41 Å². The van der Waals surface area contributed by atoms with Crippen LogP contribution in [0.4, 0.5) is 0 Å². The molecule has 2 fully saturated rings. The summed E-state index contributed by atoms with van der Waals surface area (Å²) in [6.07, 6.45) is 3.85. The van der Waals surface area contributed by atoms with Gasteiger partial charge in [-0.3, -0.25) is 0 Å². The molecule has 0 saturated carbocycles. The van der Waals surface area contributed by atoms with Gasteiger partial charge in [0, 0.05) is 17.7 Å². The molecule has 2 aliphatic heterocycles. The van der Waals surface area contributed by atoms with Gasteiger partial charge in [-0.1, -0.05) is 6.58 Å². The van der Waals surface area contributed by atoms with Crippen molar-refractivity contribution in [3.63, 3.8) is 0 Å². The van der Waals surface area contributed by atoms with Crippen LogP contribution in [0.1, 0.15) is 19.3 Å². The second-order valence-corrected chi connectivity index (χ2v) is 3.69. The highest BCUT2D eigenvalue weighted by atomic mass is 15.0. The quantitative estimate of drug-likeness (QED) is 0.538. The molecular formula is C9H16N2. The third kappa shape index (κ3) is 1.06. The zero-order valence-corrected chi connectivity index (χ0v) is 6.95. The van der Waals surface area contributed by atoms with E-state index in [-0.39, 0.29) is 0 Å². The van der Waals surface area contributed by atoms with Gasteiger partial charge >= 0.3 is 0 Å². The maximum atomic E-state index is 4.09. The highest BCUT2D eigenvalue weighted by molar-refractivity contribution is 5.15. The summed E-state index contributed by atoms with van der Waals surface area (Å²) in [7, 11) is 0. The summed E-state index contributed by atoms with van der Waals surface area (Å²) in [5, 5.41) is 6.75. The number of hydrogen-bond donors (Lipinski definition) is 2. The Bertz CT molecular complexity index is 168. The van der Waals surface area contributed by atoms with Crippen LogP contribution in [0.5, 0.6) is 0 Å². The van der Waals surface area contributed by atoms with E-state index in [0.29, 0.717) is 5.41 Å². The lowest BCUT2D eigenvalue weighted by Crippen LogP contribution is -2.36. The predicted octanol–water partition coefficient (Wildman–Crippen LogP) is 0.863. The van der Waals surface area contributed by atoms with Gasteiger partial charge in [0.15, 0.2) is 0 Å². The summed E-state index contributed by atoms with van der Waals surface area (Å²) in [6, 6.07) is 0. The Morgan fingerprint density at radius 1 is 1.09 bits per heavy atom. The van der Waals surface area contributed by atoms with Crippen molar-refractivity contribution < 1.29 is 0 Å². The zero-order valence-electron chi connectivity index (χ0n) is 6.95. The van der Waals surface area contributed by atoms with Gasteiger partial charge in [-0.05, 0) is 32.4 Å². The predicted molar refractivity (Wildman–Crippen MR) is 46.3 cm³/mol. The smallest absolute Gasteiger partial charge is 0.0153 e. The molecule has 0 aliphatic carbocycles. The van der Waals surface area contributed by atoms with E-state index in [4.69, 9.17) is 0 Å². The van der Waals surface area contributed by atoms with Crippen molar-refractivity contribution in [1.29, 1.82) is 0 Å². The molecule has 62 valence electrons. The molecule has 0 atom stereocenters. The van der Waals surface area contributed by atoms with E-state index in [2.05, 4.69) is 17.2 Å². The van der Waals surface area contributed by atoms with Crippen LogP contribution in [-0.4, -0.2) is 19.6 Å². The summed E-state index contributed by atoms with van der Waals surface area (Å²) in [4.78, 5) is 0. The molecule has 0 aromatic rings. The van der Waals surface area contributed by atoms with Gasteiger partial charge in [-0.15, -0.1) is 0 Å². The first kappa shape index (κ1) is 7.17. The highest BCUT2D eigenvalue weighted by Gasteiger charge is 2.37. The molecule has 0 aromatic heterocycles. The van der Waals surface area contributed by atoms with E-state index in [1.165, 1.54) is 38.0 Å². The van der Waals surface area contributed by atoms with Crippen LogP contribution in [0, 0.1) is 5.41 Å². The minimum atomic E-state index is 0.464. The van der Waals surface area contributed by atoms with Crippen LogP contribution < -0.4 is 10.6 Å².